The fourth-order valence-electron chi connectivity index (χ4n) is 3.78. The number of ether oxygens (including phenoxy) is 1. The van der Waals surface area contributed by atoms with E-state index in [-0.39, 0.29) is 24.0 Å². The van der Waals surface area contributed by atoms with E-state index in [1.165, 1.54) is 11.8 Å². The first-order chi connectivity index (χ1) is 13.3. The van der Waals surface area contributed by atoms with Crippen molar-refractivity contribution in [3.63, 3.8) is 0 Å². The number of hydrogen-bond donors (Lipinski definition) is 1. The number of rotatable bonds is 7. The molecule has 0 aromatic carbocycles. The predicted octanol–water partition coefficient (Wildman–Crippen LogP) is 2.50. The van der Waals surface area contributed by atoms with Crippen molar-refractivity contribution in [3.8, 4) is 0 Å². The Bertz CT molecular complexity index is 479. The third-order valence-electron chi connectivity index (χ3n) is 5.79. The minimum atomic E-state index is -4.17. The maximum atomic E-state index is 12.9. The van der Waals surface area contributed by atoms with Gasteiger partial charge in [0, 0.05) is 52.9 Å². The number of nitrogens with one attached hydrogen (secondary N) is 1. The zero-order chi connectivity index (χ0) is 20.6. The second-order valence-corrected chi connectivity index (χ2v) is 7.71. The highest BCUT2D eigenvalue weighted by Gasteiger charge is 2.41. The molecule has 29 heavy (non-hydrogen) atoms. The van der Waals surface area contributed by atoms with Crippen LogP contribution in [0.15, 0.2) is 4.99 Å². The number of guanidine groups is 1. The Morgan fingerprint density at radius 1 is 1.14 bits per heavy atom. The monoisotopic (exact) mass is 535 g/mol. The smallest absolute Gasteiger partial charge is 0.383 e. The second-order valence-electron chi connectivity index (χ2n) is 7.71. The number of likely N-dealkylation sites (tertiary alicyclic amines) is 1. The molecule has 2 fully saturated rings. The van der Waals surface area contributed by atoms with Gasteiger partial charge in [-0.1, -0.05) is 0 Å². The molecule has 2 heterocycles. The van der Waals surface area contributed by atoms with E-state index in [4.69, 9.17) is 9.73 Å². The Balaban J connectivity index is 0.00000420. The van der Waals surface area contributed by atoms with E-state index in [9.17, 15) is 13.2 Å². The summed E-state index contributed by atoms with van der Waals surface area (Å²) in [5, 5.41) is 3.31. The van der Waals surface area contributed by atoms with Crippen LogP contribution in [0.3, 0.4) is 0 Å². The highest BCUT2D eigenvalue weighted by atomic mass is 127. The fourth-order valence-corrected chi connectivity index (χ4v) is 3.78. The van der Waals surface area contributed by atoms with E-state index in [0.29, 0.717) is 32.1 Å². The molecule has 0 aromatic heterocycles. The van der Waals surface area contributed by atoms with Gasteiger partial charge in [0.2, 0.25) is 0 Å². The van der Waals surface area contributed by atoms with E-state index in [1.807, 2.05) is 6.92 Å². The van der Waals surface area contributed by atoms with Crippen molar-refractivity contribution in [2.75, 3.05) is 72.6 Å². The zero-order valence-corrected chi connectivity index (χ0v) is 20.2. The van der Waals surface area contributed by atoms with Crippen LogP contribution in [0.1, 0.15) is 26.7 Å². The maximum absolute atomic E-state index is 12.9. The van der Waals surface area contributed by atoms with Crippen molar-refractivity contribution in [1.82, 2.24) is 20.0 Å². The number of halogens is 4. The van der Waals surface area contributed by atoms with Gasteiger partial charge < -0.3 is 19.9 Å². The second kappa shape index (κ2) is 13.2. The third kappa shape index (κ3) is 8.74. The Morgan fingerprint density at radius 3 is 2.28 bits per heavy atom. The number of piperazine rings is 1. The minimum Gasteiger partial charge on any atom is -0.383 e. The molecule has 0 bridgehead atoms. The van der Waals surface area contributed by atoms with E-state index in [1.54, 1.807) is 7.11 Å². The highest BCUT2D eigenvalue weighted by Crippen LogP contribution is 2.25. The molecule has 10 heteroatoms. The Hall–Kier alpha value is -0.330. The summed E-state index contributed by atoms with van der Waals surface area (Å²) >= 11 is 0. The molecule has 2 saturated heterocycles. The van der Waals surface area contributed by atoms with Crippen LogP contribution in [-0.4, -0.2) is 105 Å². The van der Waals surface area contributed by atoms with Crippen LogP contribution in [0.2, 0.25) is 0 Å². The fraction of sp³-hybridized carbons (Fsp3) is 0.947. The molecular formula is C19H37F3IN5O. The minimum absolute atomic E-state index is 0. The summed E-state index contributed by atoms with van der Waals surface area (Å²) in [6.45, 7) is 10.7. The molecule has 172 valence electrons. The average Bonchev–Trinajstić information content (AvgIpc) is 2.69. The normalized spacial score (nSPS) is 21.7. The molecule has 2 aliphatic rings. The van der Waals surface area contributed by atoms with E-state index >= 15 is 0 Å². The van der Waals surface area contributed by atoms with Crippen LogP contribution in [0.4, 0.5) is 13.2 Å². The Labute approximate surface area is 190 Å². The molecule has 0 amide bonds. The van der Waals surface area contributed by atoms with Gasteiger partial charge >= 0.3 is 6.18 Å². The van der Waals surface area contributed by atoms with Crippen LogP contribution in [0.5, 0.6) is 0 Å². The number of piperidine rings is 1. The molecule has 1 unspecified atom stereocenters. The largest absolute Gasteiger partial charge is 0.403 e. The lowest BCUT2D eigenvalue weighted by Crippen LogP contribution is -2.56. The van der Waals surface area contributed by atoms with E-state index in [0.717, 1.165) is 58.1 Å². The lowest BCUT2D eigenvalue weighted by atomic mass is 9.97. The van der Waals surface area contributed by atoms with Gasteiger partial charge in [-0.05, 0) is 45.7 Å². The van der Waals surface area contributed by atoms with Crippen LogP contribution in [0, 0.1) is 5.92 Å². The molecule has 2 aliphatic heterocycles. The van der Waals surface area contributed by atoms with Gasteiger partial charge in [-0.25, -0.2) is 0 Å². The number of methoxy groups -OCH3 is 1. The number of alkyl halides is 3. The lowest BCUT2D eigenvalue weighted by molar-refractivity contribution is -0.181. The van der Waals surface area contributed by atoms with E-state index < -0.39 is 12.2 Å². The molecule has 1 N–H and O–H groups in total. The first-order valence-electron chi connectivity index (χ1n) is 10.4. The quantitative estimate of drug-likeness (QED) is 0.309. The summed E-state index contributed by atoms with van der Waals surface area (Å²) in [6.07, 6.45) is -1.91. The Kier molecular flexibility index (Phi) is 12.1. The molecule has 0 aromatic rings. The van der Waals surface area contributed by atoms with Gasteiger partial charge in [0.25, 0.3) is 0 Å². The van der Waals surface area contributed by atoms with Gasteiger partial charge in [-0.2, -0.15) is 13.2 Å². The van der Waals surface area contributed by atoms with E-state index in [2.05, 4.69) is 15.1 Å². The van der Waals surface area contributed by atoms with Crippen LogP contribution in [0.25, 0.3) is 0 Å². The number of hydrogen-bond acceptors (Lipinski definition) is 4. The summed E-state index contributed by atoms with van der Waals surface area (Å²) in [6, 6.07) is -1.39. The van der Waals surface area contributed by atoms with Gasteiger partial charge in [-0.3, -0.25) is 9.89 Å². The molecule has 1 atom stereocenters. The molecule has 0 radical (unpaired) electrons. The molecule has 2 rings (SSSR count). The van der Waals surface area contributed by atoms with Gasteiger partial charge in [0.1, 0.15) is 6.04 Å². The van der Waals surface area contributed by atoms with Crippen LogP contribution >= 0.6 is 24.0 Å². The van der Waals surface area contributed by atoms with Gasteiger partial charge in [0.05, 0.1) is 6.61 Å². The zero-order valence-electron chi connectivity index (χ0n) is 17.9. The number of nitrogens with zero attached hydrogens (tertiary/aromatic N) is 4. The van der Waals surface area contributed by atoms with Crippen molar-refractivity contribution >= 4 is 29.9 Å². The lowest BCUT2D eigenvalue weighted by Gasteiger charge is -2.40. The van der Waals surface area contributed by atoms with Crippen LogP contribution in [-0.2, 0) is 4.74 Å². The highest BCUT2D eigenvalue weighted by molar-refractivity contribution is 14.0. The van der Waals surface area contributed by atoms with Crippen molar-refractivity contribution < 1.29 is 17.9 Å². The first kappa shape index (κ1) is 26.7. The van der Waals surface area contributed by atoms with Gasteiger partial charge in [-0.15, -0.1) is 24.0 Å². The third-order valence-corrected chi connectivity index (χ3v) is 5.79. The summed E-state index contributed by atoms with van der Waals surface area (Å²) in [5.74, 6) is 1.41. The topological polar surface area (TPSA) is 43.3 Å². The van der Waals surface area contributed by atoms with Crippen molar-refractivity contribution in [2.45, 2.75) is 38.9 Å². The van der Waals surface area contributed by atoms with Crippen molar-refractivity contribution in [1.29, 1.82) is 0 Å². The molecule has 0 spiro atoms. The standard InChI is InChI=1S/C19H36F3N5O.HI/c1-4-23-18(24-15-17-5-7-25(8-6-17)13-14-28-3)27-11-9-26(10-12-27)16(2)19(20,21)22;/h16-17H,4-15H2,1-3H3,(H,23,24);1H. The summed E-state index contributed by atoms with van der Waals surface area (Å²) < 4.78 is 43.9. The summed E-state index contributed by atoms with van der Waals surface area (Å²) in [7, 11) is 1.73. The molecule has 0 saturated carbocycles. The van der Waals surface area contributed by atoms with Crippen molar-refractivity contribution in [2.24, 2.45) is 10.9 Å². The summed E-state index contributed by atoms with van der Waals surface area (Å²) in [4.78, 5) is 10.8. The molecular weight excluding hydrogens is 498 g/mol. The molecule has 0 aliphatic carbocycles. The average molecular weight is 535 g/mol. The maximum Gasteiger partial charge on any atom is 0.403 e. The summed E-state index contributed by atoms with van der Waals surface area (Å²) in [5.41, 5.74) is 0. The SMILES string of the molecule is CCNC(=NCC1CCN(CCOC)CC1)N1CCN(C(C)C(F)(F)F)CC1.I. The van der Waals surface area contributed by atoms with Gasteiger partial charge in [0.15, 0.2) is 5.96 Å². The predicted molar refractivity (Wildman–Crippen MR) is 121 cm³/mol. The van der Waals surface area contributed by atoms with Crippen LogP contribution < -0.4 is 5.32 Å². The molecule has 6 nitrogen and oxygen atoms in total. The van der Waals surface area contributed by atoms with Crippen molar-refractivity contribution in [3.05, 3.63) is 0 Å². The first-order valence-corrected chi connectivity index (χ1v) is 10.4. The Morgan fingerprint density at radius 2 is 1.76 bits per heavy atom. The number of aliphatic imine (C=N–C) groups is 1.